The number of benzene rings is 3. The lowest BCUT2D eigenvalue weighted by molar-refractivity contribution is 1.50. The average molecular weight is 217 g/mol. The van der Waals surface area contributed by atoms with Crippen LogP contribution in [0, 0.1) is 18.3 Å². The van der Waals surface area contributed by atoms with Gasteiger partial charge in [0.2, 0.25) is 0 Å². The van der Waals surface area contributed by atoms with E-state index in [0.717, 1.165) is 10.9 Å². The third-order valence-corrected chi connectivity index (χ3v) is 3.30. The molecule has 0 unspecified atom stereocenters. The first-order valence-corrected chi connectivity index (χ1v) is 5.62. The van der Waals surface area contributed by atoms with Crippen LogP contribution in [0.15, 0.2) is 48.5 Å². The van der Waals surface area contributed by atoms with E-state index in [2.05, 4.69) is 43.3 Å². The fraction of sp³-hybridized carbons (Fsp3) is 0.0625. The van der Waals surface area contributed by atoms with Gasteiger partial charge in [-0.3, -0.25) is 0 Å². The molecule has 0 bridgehead atoms. The quantitative estimate of drug-likeness (QED) is 0.518. The molecule has 3 rings (SSSR count). The number of nitrogens with zero attached hydrogens (tertiary/aromatic N) is 1. The fourth-order valence-electron chi connectivity index (χ4n) is 2.41. The Hall–Kier alpha value is -2.33. The first-order chi connectivity index (χ1) is 8.31. The third kappa shape index (κ3) is 1.38. The number of hydrogen-bond acceptors (Lipinski definition) is 1. The van der Waals surface area contributed by atoms with Crippen molar-refractivity contribution in [2.75, 3.05) is 0 Å². The topological polar surface area (TPSA) is 23.8 Å². The Morgan fingerprint density at radius 1 is 0.882 bits per heavy atom. The molecular formula is C16H11N. The molecule has 3 aromatic rings. The summed E-state index contributed by atoms with van der Waals surface area (Å²) in [7, 11) is 0. The second kappa shape index (κ2) is 3.61. The second-order valence-corrected chi connectivity index (χ2v) is 4.24. The molecule has 0 atom stereocenters. The third-order valence-electron chi connectivity index (χ3n) is 3.30. The molecule has 0 saturated carbocycles. The number of hydrogen-bond donors (Lipinski definition) is 0. The van der Waals surface area contributed by atoms with Crippen molar-refractivity contribution in [3.63, 3.8) is 0 Å². The molecule has 1 nitrogen and oxygen atoms in total. The first-order valence-electron chi connectivity index (χ1n) is 5.62. The Kier molecular flexibility index (Phi) is 2.09. The predicted molar refractivity (Wildman–Crippen MR) is 70.9 cm³/mol. The number of nitriles is 1. The molecule has 0 spiro atoms. The van der Waals surface area contributed by atoms with Gasteiger partial charge in [0.1, 0.15) is 0 Å². The zero-order valence-corrected chi connectivity index (χ0v) is 9.57. The van der Waals surface area contributed by atoms with E-state index >= 15 is 0 Å². The second-order valence-electron chi connectivity index (χ2n) is 4.24. The smallest absolute Gasteiger partial charge is 0.0998 e. The normalized spacial score (nSPS) is 10.6. The Balaban J connectivity index is 2.60. The molecule has 0 amide bonds. The van der Waals surface area contributed by atoms with Crippen molar-refractivity contribution < 1.29 is 0 Å². The van der Waals surface area contributed by atoms with Crippen molar-refractivity contribution in [1.82, 2.24) is 0 Å². The van der Waals surface area contributed by atoms with Crippen LogP contribution >= 0.6 is 0 Å². The van der Waals surface area contributed by atoms with Gasteiger partial charge >= 0.3 is 0 Å². The minimum absolute atomic E-state index is 0.747. The zero-order valence-electron chi connectivity index (χ0n) is 9.57. The highest BCUT2D eigenvalue weighted by Crippen LogP contribution is 2.29. The van der Waals surface area contributed by atoms with Gasteiger partial charge in [-0.25, -0.2) is 0 Å². The highest BCUT2D eigenvalue weighted by atomic mass is 14.2. The maximum Gasteiger partial charge on any atom is 0.0998 e. The van der Waals surface area contributed by atoms with Crippen molar-refractivity contribution in [2.24, 2.45) is 0 Å². The van der Waals surface area contributed by atoms with Crippen molar-refractivity contribution >= 4 is 21.5 Å². The van der Waals surface area contributed by atoms with Crippen molar-refractivity contribution in [3.05, 3.63) is 59.7 Å². The van der Waals surface area contributed by atoms with Gasteiger partial charge in [0.25, 0.3) is 0 Å². The molecule has 0 fully saturated rings. The average Bonchev–Trinajstić information content (AvgIpc) is 2.38. The molecule has 0 N–H and O–H groups in total. The monoisotopic (exact) mass is 217 g/mol. The largest absolute Gasteiger partial charge is 0.192 e. The van der Waals surface area contributed by atoms with Gasteiger partial charge in [0.15, 0.2) is 0 Å². The number of rotatable bonds is 0. The van der Waals surface area contributed by atoms with Crippen LogP contribution in [0.4, 0.5) is 0 Å². The van der Waals surface area contributed by atoms with Crippen LogP contribution in [-0.2, 0) is 0 Å². The van der Waals surface area contributed by atoms with Gasteiger partial charge in [-0.15, -0.1) is 0 Å². The van der Waals surface area contributed by atoms with Crippen LogP contribution in [-0.4, -0.2) is 0 Å². The molecular weight excluding hydrogens is 206 g/mol. The van der Waals surface area contributed by atoms with E-state index in [-0.39, 0.29) is 0 Å². The summed E-state index contributed by atoms with van der Waals surface area (Å²) in [5.74, 6) is 0. The van der Waals surface area contributed by atoms with Gasteiger partial charge in [-0.05, 0) is 40.8 Å². The van der Waals surface area contributed by atoms with E-state index in [4.69, 9.17) is 5.26 Å². The number of fused-ring (bicyclic) bond motifs is 2. The maximum absolute atomic E-state index is 9.15. The SMILES string of the molecule is Cc1c2ccccc2cc2c(C#N)cccc12. The lowest BCUT2D eigenvalue weighted by Gasteiger charge is -2.08. The molecule has 0 aromatic heterocycles. The van der Waals surface area contributed by atoms with Gasteiger partial charge < -0.3 is 0 Å². The molecule has 0 heterocycles. The molecule has 1 heteroatoms. The molecule has 3 aromatic carbocycles. The number of aryl methyl sites for hydroxylation is 1. The zero-order chi connectivity index (χ0) is 11.8. The Labute approximate surface area is 99.9 Å². The van der Waals surface area contributed by atoms with Crippen LogP contribution in [0.25, 0.3) is 21.5 Å². The molecule has 0 saturated heterocycles. The Morgan fingerprint density at radius 3 is 2.47 bits per heavy atom. The lowest BCUT2D eigenvalue weighted by atomic mass is 9.95. The van der Waals surface area contributed by atoms with Crippen molar-refractivity contribution in [3.8, 4) is 6.07 Å². The summed E-state index contributed by atoms with van der Waals surface area (Å²) in [5, 5.41) is 13.8. The van der Waals surface area contributed by atoms with Gasteiger partial charge in [-0.2, -0.15) is 5.26 Å². The van der Waals surface area contributed by atoms with Crippen LogP contribution in [0.2, 0.25) is 0 Å². The molecule has 17 heavy (non-hydrogen) atoms. The van der Waals surface area contributed by atoms with E-state index in [1.54, 1.807) is 0 Å². The molecule has 80 valence electrons. The lowest BCUT2D eigenvalue weighted by Crippen LogP contribution is -1.85. The van der Waals surface area contributed by atoms with Crippen LogP contribution in [0.5, 0.6) is 0 Å². The van der Waals surface area contributed by atoms with E-state index in [9.17, 15) is 0 Å². The molecule has 0 aliphatic carbocycles. The summed E-state index contributed by atoms with van der Waals surface area (Å²) >= 11 is 0. The van der Waals surface area contributed by atoms with Crippen LogP contribution < -0.4 is 0 Å². The minimum atomic E-state index is 0.747. The fourth-order valence-corrected chi connectivity index (χ4v) is 2.41. The maximum atomic E-state index is 9.15. The highest BCUT2D eigenvalue weighted by Gasteiger charge is 2.06. The Bertz CT molecular complexity index is 763. The van der Waals surface area contributed by atoms with Crippen LogP contribution in [0.1, 0.15) is 11.1 Å². The van der Waals surface area contributed by atoms with E-state index in [1.807, 2.05) is 18.2 Å². The summed E-state index contributed by atoms with van der Waals surface area (Å²) in [6.45, 7) is 2.12. The van der Waals surface area contributed by atoms with Crippen molar-refractivity contribution in [1.29, 1.82) is 5.26 Å². The first kappa shape index (κ1) is 9.86. The summed E-state index contributed by atoms with van der Waals surface area (Å²) in [6.07, 6.45) is 0. The standard InChI is InChI=1S/C16H11N/c1-11-14-7-3-2-5-12(14)9-16-13(10-17)6-4-8-15(11)16/h2-9H,1H3. The van der Waals surface area contributed by atoms with Gasteiger partial charge in [-0.1, -0.05) is 36.4 Å². The summed E-state index contributed by atoms with van der Waals surface area (Å²) in [4.78, 5) is 0. The molecule has 0 aliphatic heterocycles. The minimum Gasteiger partial charge on any atom is -0.192 e. The predicted octanol–water partition coefficient (Wildman–Crippen LogP) is 4.17. The highest BCUT2D eigenvalue weighted by molar-refractivity contribution is 6.03. The van der Waals surface area contributed by atoms with E-state index in [0.29, 0.717) is 0 Å². The summed E-state index contributed by atoms with van der Waals surface area (Å²) < 4.78 is 0. The van der Waals surface area contributed by atoms with Gasteiger partial charge in [0, 0.05) is 5.39 Å². The van der Waals surface area contributed by atoms with Crippen LogP contribution in [0.3, 0.4) is 0 Å². The molecule has 0 radical (unpaired) electrons. The Morgan fingerprint density at radius 2 is 1.65 bits per heavy atom. The molecule has 0 aliphatic rings. The van der Waals surface area contributed by atoms with Gasteiger partial charge in [0.05, 0.1) is 11.6 Å². The van der Waals surface area contributed by atoms with E-state index < -0.39 is 0 Å². The van der Waals surface area contributed by atoms with Crippen molar-refractivity contribution in [2.45, 2.75) is 6.92 Å². The van der Waals surface area contributed by atoms with E-state index in [1.165, 1.54) is 21.7 Å². The summed E-state index contributed by atoms with van der Waals surface area (Å²) in [6, 6.07) is 18.6. The summed E-state index contributed by atoms with van der Waals surface area (Å²) in [5.41, 5.74) is 1.99.